The molecule has 4 amide bonds. The monoisotopic (exact) mass is 489 g/mol. The Morgan fingerprint density at radius 2 is 1.22 bits per heavy atom. The fourth-order valence-corrected chi connectivity index (χ4v) is 4.81. The number of nitrogens with zero attached hydrogens (tertiary/aromatic N) is 1. The fourth-order valence-electron chi connectivity index (χ4n) is 4.81. The molecule has 4 aromatic carbocycles. The van der Waals surface area contributed by atoms with Crippen molar-refractivity contribution in [2.45, 2.75) is 18.0 Å². The first-order valence-electron chi connectivity index (χ1n) is 12.2. The zero-order valence-corrected chi connectivity index (χ0v) is 20.2. The molecular weight excluding hydrogens is 462 g/mol. The van der Waals surface area contributed by atoms with E-state index in [9.17, 15) is 14.4 Å². The topological polar surface area (TPSA) is 78.5 Å². The Labute approximate surface area is 215 Å². The van der Waals surface area contributed by atoms with Crippen LogP contribution in [0.2, 0.25) is 0 Å². The predicted octanol–water partition coefficient (Wildman–Crippen LogP) is 4.58. The van der Waals surface area contributed by atoms with Gasteiger partial charge in [0.1, 0.15) is 6.54 Å². The molecule has 4 aromatic rings. The maximum atomic E-state index is 13.9. The van der Waals surface area contributed by atoms with Gasteiger partial charge in [0, 0.05) is 6.42 Å². The number of hydrogen-bond acceptors (Lipinski definition) is 3. The van der Waals surface area contributed by atoms with Crippen LogP contribution in [-0.2, 0) is 21.5 Å². The lowest BCUT2D eigenvalue weighted by atomic mass is 9.83. The molecular formula is C31H27N3O3. The highest BCUT2D eigenvalue weighted by Gasteiger charge is 2.52. The van der Waals surface area contributed by atoms with Crippen molar-refractivity contribution in [1.29, 1.82) is 0 Å². The lowest BCUT2D eigenvalue weighted by Gasteiger charge is -2.27. The first-order valence-corrected chi connectivity index (χ1v) is 12.2. The van der Waals surface area contributed by atoms with Gasteiger partial charge in [-0.3, -0.25) is 14.5 Å². The Kier molecular flexibility index (Phi) is 6.81. The lowest BCUT2D eigenvalue weighted by Crippen LogP contribution is -2.47. The minimum Gasteiger partial charge on any atom is -0.344 e. The molecule has 2 N–H and O–H groups in total. The van der Waals surface area contributed by atoms with Crippen molar-refractivity contribution < 1.29 is 14.4 Å². The number of carbonyl (C=O) groups excluding carboxylic acids is 3. The van der Waals surface area contributed by atoms with Gasteiger partial charge in [0.15, 0.2) is 5.54 Å². The van der Waals surface area contributed by atoms with Gasteiger partial charge in [0.25, 0.3) is 5.91 Å². The van der Waals surface area contributed by atoms with Gasteiger partial charge >= 0.3 is 6.03 Å². The first kappa shape index (κ1) is 24.0. The Hall–Kier alpha value is -4.71. The molecule has 1 aliphatic heterocycles. The zero-order valence-electron chi connectivity index (χ0n) is 20.2. The standard InChI is InChI=1S/C31H27N3O3/c35-27(32-28(24-15-7-2-8-16-24)25-17-9-3-10-18-25)22-34-29(36)31(33-30(34)37,26-19-11-4-12-20-26)21-23-13-5-1-6-14-23/h1-20,28H,21-22H2,(H,32,35)(H,33,37). The summed E-state index contributed by atoms with van der Waals surface area (Å²) in [6, 6.07) is 36.9. The van der Waals surface area contributed by atoms with Gasteiger partial charge in [-0.25, -0.2) is 4.79 Å². The Morgan fingerprint density at radius 3 is 1.76 bits per heavy atom. The smallest absolute Gasteiger partial charge is 0.325 e. The molecule has 184 valence electrons. The molecule has 0 bridgehead atoms. The highest BCUT2D eigenvalue weighted by atomic mass is 16.2. The molecule has 0 aliphatic carbocycles. The molecule has 6 heteroatoms. The van der Waals surface area contributed by atoms with Crippen molar-refractivity contribution >= 4 is 17.8 Å². The summed E-state index contributed by atoms with van der Waals surface area (Å²) >= 11 is 0. The number of amides is 4. The summed E-state index contributed by atoms with van der Waals surface area (Å²) in [5, 5.41) is 5.93. The lowest BCUT2D eigenvalue weighted by molar-refractivity contribution is -0.135. The predicted molar refractivity (Wildman–Crippen MR) is 141 cm³/mol. The maximum Gasteiger partial charge on any atom is 0.325 e. The van der Waals surface area contributed by atoms with E-state index in [1.165, 1.54) is 0 Å². The van der Waals surface area contributed by atoms with Crippen LogP contribution in [0.5, 0.6) is 0 Å². The molecule has 1 saturated heterocycles. The van der Waals surface area contributed by atoms with Gasteiger partial charge in [0.2, 0.25) is 5.91 Å². The van der Waals surface area contributed by atoms with Crippen LogP contribution in [0.1, 0.15) is 28.3 Å². The van der Waals surface area contributed by atoms with E-state index < -0.39 is 29.4 Å². The van der Waals surface area contributed by atoms with Gasteiger partial charge in [0.05, 0.1) is 6.04 Å². The van der Waals surface area contributed by atoms with Gasteiger partial charge < -0.3 is 10.6 Å². The van der Waals surface area contributed by atoms with Gasteiger partial charge in [-0.1, -0.05) is 121 Å². The van der Waals surface area contributed by atoms with Crippen molar-refractivity contribution in [3.63, 3.8) is 0 Å². The van der Waals surface area contributed by atoms with Gasteiger partial charge in [-0.2, -0.15) is 0 Å². The van der Waals surface area contributed by atoms with E-state index in [-0.39, 0.29) is 13.0 Å². The van der Waals surface area contributed by atoms with E-state index in [4.69, 9.17) is 0 Å². The summed E-state index contributed by atoms with van der Waals surface area (Å²) in [5.41, 5.74) is 2.09. The van der Waals surface area contributed by atoms with Crippen LogP contribution in [0.15, 0.2) is 121 Å². The van der Waals surface area contributed by atoms with Gasteiger partial charge in [-0.15, -0.1) is 0 Å². The molecule has 1 aliphatic rings. The third-order valence-electron chi connectivity index (χ3n) is 6.63. The highest BCUT2D eigenvalue weighted by Crippen LogP contribution is 2.33. The SMILES string of the molecule is O=C(CN1C(=O)NC(Cc2ccccc2)(c2ccccc2)C1=O)NC(c1ccccc1)c1ccccc1. The van der Waals surface area contributed by atoms with E-state index in [0.717, 1.165) is 21.6 Å². The van der Waals surface area contributed by atoms with Crippen molar-refractivity contribution in [3.05, 3.63) is 144 Å². The third kappa shape index (κ3) is 5.00. The number of urea groups is 1. The largest absolute Gasteiger partial charge is 0.344 e. The number of hydrogen-bond donors (Lipinski definition) is 2. The second-order valence-corrected chi connectivity index (χ2v) is 9.08. The average Bonchev–Trinajstić information content (AvgIpc) is 3.18. The maximum absolute atomic E-state index is 13.9. The molecule has 6 nitrogen and oxygen atoms in total. The number of carbonyl (C=O) groups is 3. The summed E-state index contributed by atoms with van der Waals surface area (Å²) in [6.07, 6.45) is 0.275. The molecule has 37 heavy (non-hydrogen) atoms. The normalized spacial score (nSPS) is 17.1. The van der Waals surface area contributed by atoms with E-state index in [2.05, 4.69) is 10.6 Å². The minimum absolute atomic E-state index is 0.275. The molecule has 0 saturated carbocycles. The Balaban J connectivity index is 1.41. The second kappa shape index (κ2) is 10.5. The summed E-state index contributed by atoms with van der Waals surface area (Å²) in [6.45, 7) is -0.385. The van der Waals surface area contributed by atoms with Crippen molar-refractivity contribution in [2.24, 2.45) is 0 Å². The quantitative estimate of drug-likeness (QED) is 0.356. The van der Waals surface area contributed by atoms with E-state index >= 15 is 0 Å². The highest BCUT2D eigenvalue weighted by molar-refractivity contribution is 6.09. The van der Waals surface area contributed by atoms with E-state index in [1.54, 1.807) is 0 Å². The Bertz CT molecular complexity index is 1340. The minimum atomic E-state index is -1.29. The molecule has 0 spiro atoms. The first-order chi connectivity index (χ1) is 18.1. The fraction of sp³-hybridized carbons (Fsp3) is 0.129. The molecule has 5 rings (SSSR count). The Morgan fingerprint density at radius 1 is 0.730 bits per heavy atom. The van der Waals surface area contributed by atoms with Crippen LogP contribution < -0.4 is 10.6 Å². The second-order valence-electron chi connectivity index (χ2n) is 9.08. The molecule has 1 unspecified atom stereocenters. The van der Waals surface area contributed by atoms with Crippen LogP contribution in [0.25, 0.3) is 0 Å². The van der Waals surface area contributed by atoms with Gasteiger partial charge in [-0.05, 0) is 22.3 Å². The summed E-state index contributed by atoms with van der Waals surface area (Å²) < 4.78 is 0. The van der Waals surface area contributed by atoms with Crippen molar-refractivity contribution in [3.8, 4) is 0 Å². The summed E-state index contributed by atoms with van der Waals surface area (Å²) in [7, 11) is 0. The molecule has 0 radical (unpaired) electrons. The molecule has 1 heterocycles. The number of nitrogens with one attached hydrogen (secondary N) is 2. The molecule has 1 fully saturated rings. The number of imide groups is 1. The van der Waals surface area contributed by atoms with Crippen LogP contribution >= 0.6 is 0 Å². The summed E-state index contributed by atoms with van der Waals surface area (Å²) in [4.78, 5) is 41.3. The zero-order chi connectivity index (χ0) is 25.7. The van der Waals surface area contributed by atoms with Crippen molar-refractivity contribution in [1.82, 2.24) is 15.5 Å². The van der Waals surface area contributed by atoms with Crippen LogP contribution in [-0.4, -0.2) is 29.3 Å². The van der Waals surface area contributed by atoms with Crippen molar-refractivity contribution in [2.75, 3.05) is 6.54 Å². The molecule has 0 aromatic heterocycles. The van der Waals surface area contributed by atoms with Crippen LogP contribution in [0.3, 0.4) is 0 Å². The van der Waals surface area contributed by atoms with E-state index in [0.29, 0.717) is 5.56 Å². The molecule has 1 atom stereocenters. The number of rotatable bonds is 8. The third-order valence-corrected chi connectivity index (χ3v) is 6.63. The number of benzene rings is 4. The summed E-state index contributed by atoms with van der Waals surface area (Å²) in [5.74, 6) is -0.872. The van der Waals surface area contributed by atoms with E-state index in [1.807, 2.05) is 121 Å². The van der Waals surface area contributed by atoms with Crippen LogP contribution in [0, 0.1) is 0 Å². The van der Waals surface area contributed by atoms with Crippen LogP contribution in [0.4, 0.5) is 4.79 Å². The average molecular weight is 490 g/mol.